The largest absolute Gasteiger partial charge is 0.495 e. The second-order valence-corrected chi connectivity index (χ2v) is 6.58. The van der Waals surface area contributed by atoms with Gasteiger partial charge in [0.15, 0.2) is 5.11 Å². The third-order valence-electron chi connectivity index (χ3n) is 3.64. The van der Waals surface area contributed by atoms with Gasteiger partial charge in [-0.15, -0.1) is 0 Å². The zero-order valence-electron chi connectivity index (χ0n) is 15.2. The average Bonchev–Trinajstić information content (AvgIpc) is 2.62. The minimum absolute atomic E-state index is 0.200. The monoisotopic (exact) mass is 372 g/mol. The highest BCUT2D eigenvalue weighted by Gasteiger charge is 2.10. The van der Waals surface area contributed by atoms with Crippen molar-refractivity contribution < 1.29 is 14.3 Å². The predicted octanol–water partition coefficient (Wildman–Crippen LogP) is 4.25. The van der Waals surface area contributed by atoms with Gasteiger partial charge in [0.25, 0.3) is 5.91 Å². The highest BCUT2D eigenvalue weighted by atomic mass is 32.1. The van der Waals surface area contributed by atoms with E-state index in [1.165, 1.54) is 0 Å². The summed E-state index contributed by atoms with van der Waals surface area (Å²) in [6.07, 6.45) is 0.962. The normalized spacial score (nSPS) is 10.3. The van der Waals surface area contributed by atoms with Crippen LogP contribution in [0.3, 0.4) is 0 Å². The van der Waals surface area contributed by atoms with Gasteiger partial charge in [-0.1, -0.05) is 32.0 Å². The van der Waals surface area contributed by atoms with Crippen LogP contribution in [0.15, 0.2) is 48.5 Å². The van der Waals surface area contributed by atoms with Crippen LogP contribution >= 0.6 is 12.2 Å². The number of hydrogen-bond acceptors (Lipinski definition) is 4. The maximum absolute atomic E-state index is 12.4. The number of methoxy groups -OCH3 is 1. The van der Waals surface area contributed by atoms with Crippen LogP contribution < -0.4 is 20.1 Å². The molecule has 0 aliphatic carbocycles. The van der Waals surface area contributed by atoms with E-state index in [9.17, 15) is 4.79 Å². The van der Waals surface area contributed by atoms with Crippen molar-refractivity contribution in [1.82, 2.24) is 5.32 Å². The number of anilines is 1. The van der Waals surface area contributed by atoms with Gasteiger partial charge in [0.2, 0.25) is 0 Å². The fourth-order valence-corrected chi connectivity index (χ4v) is 2.42. The third-order valence-corrected chi connectivity index (χ3v) is 3.85. The van der Waals surface area contributed by atoms with Crippen LogP contribution in [0, 0.1) is 5.92 Å². The molecule has 2 rings (SSSR count). The second-order valence-electron chi connectivity index (χ2n) is 6.17. The van der Waals surface area contributed by atoms with E-state index < -0.39 is 0 Å². The van der Waals surface area contributed by atoms with Gasteiger partial charge in [0.1, 0.15) is 11.5 Å². The fraction of sp³-hybridized carbons (Fsp3) is 0.300. The first-order valence-corrected chi connectivity index (χ1v) is 8.88. The van der Waals surface area contributed by atoms with Crippen molar-refractivity contribution in [1.29, 1.82) is 0 Å². The molecule has 0 bridgehead atoms. The van der Waals surface area contributed by atoms with Crippen molar-refractivity contribution in [3.8, 4) is 11.5 Å². The summed E-state index contributed by atoms with van der Waals surface area (Å²) >= 11 is 5.22. The molecular weight excluding hydrogens is 348 g/mol. The molecule has 0 unspecified atom stereocenters. The van der Waals surface area contributed by atoms with Crippen LogP contribution in [-0.4, -0.2) is 24.7 Å². The topological polar surface area (TPSA) is 59.6 Å². The quantitative estimate of drug-likeness (QED) is 0.712. The van der Waals surface area contributed by atoms with Crippen LogP contribution in [0.25, 0.3) is 0 Å². The van der Waals surface area contributed by atoms with Crippen molar-refractivity contribution in [3.63, 3.8) is 0 Å². The predicted molar refractivity (Wildman–Crippen MR) is 108 cm³/mol. The van der Waals surface area contributed by atoms with Crippen LogP contribution in [0.2, 0.25) is 0 Å². The summed E-state index contributed by atoms with van der Waals surface area (Å²) in [7, 11) is 1.58. The summed E-state index contributed by atoms with van der Waals surface area (Å²) in [6, 6.07) is 14.4. The molecule has 0 spiro atoms. The molecule has 0 saturated carbocycles. The van der Waals surface area contributed by atoms with E-state index >= 15 is 0 Å². The number of amides is 1. The maximum Gasteiger partial charge on any atom is 0.257 e. The lowest BCUT2D eigenvalue weighted by Crippen LogP contribution is -2.34. The molecule has 0 fully saturated rings. The Balaban J connectivity index is 1.95. The van der Waals surface area contributed by atoms with Crippen molar-refractivity contribution >= 4 is 28.9 Å². The molecular formula is C20H24N2O3S. The molecule has 6 heteroatoms. The Morgan fingerprint density at radius 1 is 1.15 bits per heavy atom. The lowest BCUT2D eigenvalue weighted by Gasteiger charge is -2.13. The number of carbonyl (C=O) groups excluding carboxylic acids is 1. The number of ether oxygens (including phenoxy) is 2. The second kappa shape index (κ2) is 9.77. The molecule has 0 heterocycles. The SMILES string of the molecule is COc1ccccc1NC(=S)NC(=O)c1cccc(OCCC(C)C)c1. The van der Waals surface area contributed by atoms with E-state index in [-0.39, 0.29) is 11.0 Å². The smallest absolute Gasteiger partial charge is 0.257 e. The number of para-hydroxylation sites is 2. The van der Waals surface area contributed by atoms with Crippen LogP contribution in [0.5, 0.6) is 11.5 Å². The van der Waals surface area contributed by atoms with Crippen molar-refractivity contribution in [2.45, 2.75) is 20.3 Å². The lowest BCUT2D eigenvalue weighted by atomic mass is 10.1. The van der Waals surface area contributed by atoms with Gasteiger partial charge in [-0.2, -0.15) is 0 Å². The molecule has 0 saturated heterocycles. The molecule has 138 valence electrons. The Labute approximate surface area is 159 Å². The van der Waals surface area contributed by atoms with Gasteiger partial charge in [0.05, 0.1) is 19.4 Å². The summed E-state index contributed by atoms with van der Waals surface area (Å²) in [5.41, 5.74) is 1.17. The number of thiocarbonyl (C=S) groups is 1. The van der Waals surface area contributed by atoms with Gasteiger partial charge >= 0.3 is 0 Å². The standard InChI is InChI=1S/C20H24N2O3S/c1-14(2)11-12-25-16-8-6-7-15(13-16)19(23)22-20(26)21-17-9-4-5-10-18(17)24-3/h4-10,13-14H,11-12H2,1-3H3,(H2,21,22,23,26). The van der Waals surface area contributed by atoms with Crippen molar-refractivity contribution in [3.05, 3.63) is 54.1 Å². The maximum atomic E-state index is 12.4. The zero-order chi connectivity index (χ0) is 18.9. The van der Waals surface area contributed by atoms with E-state index in [4.69, 9.17) is 21.7 Å². The van der Waals surface area contributed by atoms with E-state index in [2.05, 4.69) is 24.5 Å². The summed E-state index contributed by atoms with van der Waals surface area (Å²) in [5, 5.41) is 5.83. The number of nitrogens with one attached hydrogen (secondary N) is 2. The van der Waals surface area contributed by atoms with E-state index in [1.807, 2.05) is 30.3 Å². The number of hydrogen-bond donors (Lipinski definition) is 2. The van der Waals surface area contributed by atoms with E-state index in [1.54, 1.807) is 25.3 Å². The minimum atomic E-state index is -0.299. The Kier molecular flexibility index (Phi) is 7.41. The van der Waals surface area contributed by atoms with E-state index in [0.717, 1.165) is 6.42 Å². The first-order valence-electron chi connectivity index (χ1n) is 8.48. The van der Waals surface area contributed by atoms with Crippen molar-refractivity contribution in [2.75, 3.05) is 19.0 Å². The molecule has 5 nitrogen and oxygen atoms in total. The van der Waals surface area contributed by atoms with Crippen LogP contribution in [-0.2, 0) is 0 Å². The lowest BCUT2D eigenvalue weighted by molar-refractivity contribution is 0.0977. The molecule has 0 aromatic heterocycles. The third kappa shape index (κ3) is 6.04. The van der Waals surface area contributed by atoms with Gasteiger partial charge in [-0.05, 0) is 54.9 Å². The number of rotatable bonds is 7. The molecule has 0 aliphatic heterocycles. The molecule has 2 aromatic carbocycles. The average molecular weight is 372 g/mol. The molecule has 2 N–H and O–H groups in total. The Morgan fingerprint density at radius 2 is 1.92 bits per heavy atom. The van der Waals surface area contributed by atoms with Gasteiger partial charge in [0, 0.05) is 5.56 Å². The van der Waals surface area contributed by atoms with Crippen LogP contribution in [0.1, 0.15) is 30.6 Å². The van der Waals surface area contributed by atoms with Gasteiger partial charge in [-0.25, -0.2) is 0 Å². The van der Waals surface area contributed by atoms with Gasteiger partial charge in [-0.3, -0.25) is 10.1 Å². The Hall–Kier alpha value is -2.60. The summed E-state index contributed by atoms with van der Waals surface area (Å²) in [6.45, 7) is 4.91. The fourth-order valence-electron chi connectivity index (χ4n) is 2.22. The van der Waals surface area contributed by atoms with Crippen LogP contribution in [0.4, 0.5) is 5.69 Å². The first-order chi connectivity index (χ1) is 12.5. The summed E-state index contributed by atoms with van der Waals surface area (Å²) in [5.74, 6) is 1.58. The Morgan fingerprint density at radius 3 is 2.65 bits per heavy atom. The van der Waals surface area contributed by atoms with E-state index in [0.29, 0.717) is 35.3 Å². The number of carbonyl (C=O) groups is 1. The zero-order valence-corrected chi connectivity index (χ0v) is 16.1. The molecule has 0 atom stereocenters. The molecule has 2 aromatic rings. The highest BCUT2D eigenvalue weighted by Crippen LogP contribution is 2.22. The molecule has 1 amide bonds. The number of benzene rings is 2. The summed E-state index contributed by atoms with van der Waals surface area (Å²) in [4.78, 5) is 12.4. The van der Waals surface area contributed by atoms with Gasteiger partial charge < -0.3 is 14.8 Å². The molecule has 0 aliphatic rings. The molecule has 0 radical (unpaired) electrons. The Bertz CT molecular complexity index is 762. The molecule has 26 heavy (non-hydrogen) atoms. The minimum Gasteiger partial charge on any atom is -0.495 e. The highest BCUT2D eigenvalue weighted by molar-refractivity contribution is 7.80. The summed E-state index contributed by atoms with van der Waals surface area (Å²) < 4.78 is 10.9. The first kappa shape index (κ1) is 19.7. The van der Waals surface area contributed by atoms with Crippen molar-refractivity contribution in [2.24, 2.45) is 5.92 Å².